The number of methoxy groups -OCH3 is 1. The number of ether oxygens (including phenoxy) is 2. The number of nitrogens with two attached hydrogens (primary N) is 1. The van der Waals surface area contributed by atoms with E-state index in [2.05, 4.69) is 18.2 Å². The average Bonchev–Trinajstić information content (AvgIpc) is 3.20. The SMILES string of the molecule is CCc1oc2ccc(-c3cccc([C@@H](C)N)c3)cc2c1COc1cc(OC)ccc1CC(=O)O. The normalized spacial score (nSPS) is 12.0. The van der Waals surface area contributed by atoms with Crippen molar-refractivity contribution in [1.29, 1.82) is 0 Å². The van der Waals surface area contributed by atoms with Crippen molar-refractivity contribution >= 4 is 16.9 Å². The summed E-state index contributed by atoms with van der Waals surface area (Å²) >= 11 is 0. The molecule has 1 aromatic heterocycles. The zero-order chi connectivity index (χ0) is 24.2. The van der Waals surface area contributed by atoms with Gasteiger partial charge in [-0.2, -0.15) is 0 Å². The van der Waals surface area contributed by atoms with Crippen molar-refractivity contribution in [3.63, 3.8) is 0 Å². The van der Waals surface area contributed by atoms with Crippen molar-refractivity contribution in [1.82, 2.24) is 0 Å². The summed E-state index contributed by atoms with van der Waals surface area (Å²) in [6.45, 7) is 4.26. The van der Waals surface area contributed by atoms with Crippen LogP contribution in [-0.4, -0.2) is 18.2 Å². The first kappa shape index (κ1) is 23.4. The predicted octanol–water partition coefficient (Wildman–Crippen LogP) is 5.90. The van der Waals surface area contributed by atoms with Gasteiger partial charge in [-0.3, -0.25) is 4.79 Å². The van der Waals surface area contributed by atoms with Crippen LogP contribution in [0.25, 0.3) is 22.1 Å². The molecule has 0 fully saturated rings. The van der Waals surface area contributed by atoms with Gasteiger partial charge < -0.3 is 24.7 Å². The summed E-state index contributed by atoms with van der Waals surface area (Å²) in [5, 5.41) is 10.3. The van der Waals surface area contributed by atoms with Crippen molar-refractivity contribution in [3.8, 4) is 22.6 Å². The van der Waals surface area contributed by atoms with Crippen LogP contribution in [0.3, 0.4) is 0 Å². The minimum atomic E-state index is -0.920. The van der Waals surface area contributed by atoms with E-state index in [1.54, 1.807) is 25.3 Å². The van der Waals surface area contributed by atoms with E-state index in [1.807, 2.05) is 38.1 Å². The van der Waals surface area contributed by atoms with Gasteiger partial charge in [0.25, 0.3) is 0 Å². The van der Waals surface area contributed by atoms with Crippen LogP contribution in [0.4, 0.5) is 0 Å². The zero-order valence-corrected chi connectivity index (χ0v) is 19.6. The molecule has 0 saturated heterocycles. The summed E-state index contributed by atoms with van der Waals surface area (Å²) in [5.74, 6) is 1.02. The molecule has 0 amide bonds. The molecule has 1 heterocycles. The van der Waals surface area contributed by atoms with Gasteiger partial charge in [0.1, 0.15) is 29.4 Å². The second kappa shape index (κ2) is 10.0. The van der Waals surface area contributed by atoms with Crippen molar-refractivity contribution in [2.45, 2.75) is 39.3 Å². The maximum Gasteiger partial charge on any atom is 0.307 e. The van der Waals surface area contributed by atoms with Crippen LogP contribution in [-0.2, 0) is 24.2 Å². The number of aryl methyl sites for hydroxylation is 1. The first-order chi connectivity index (χ1) is 16.4. The number of aliphatic carboxylic acids is 1. The third kappa shape index (κ3) is 4.92. The van der Waals surface area contributed by atoms with Gasteiger partial charge >= 0.3 is 5.97 Å². The summed E-state index contributed by atoms with van der Waals surface area (Å²) in [5.41, 5.74) is 11.6. The highest BCUT2D eigenvalue weighted by atomic mass is 16.5. The van der Waals surface area contributed by atoms with E-state index in [4.69, 9.17) is 19.6 Å². The van der Waals surface area contributed by atoms with Gasteiger partial charge in [-0.1, -0.05) is 37.3 Å². The fourth-order valence-electron chi connectivity index (χ4n) is 4.08. The molecule has 0 saturated carbocycles. The highest BCUT2D eigenvalue weighted by molar-refractivity contribution is 5.87. The van der Waals surface area contributed by atoms with Crippen LogP contribution in [0, 0.1) is 0 Å². The first-order valence-corrected chi connectivity index (χ1v) is 11.3. The van der Waals surface area contributed by atoms with E-state index in [-0.39, 0.29) is 19.1 Å². The van der Waals surface area contributed by atoms with E-state index < -0.39 is 5.97 Å². The number of furan rings is 1. The van der Waals surface area contributed by atoms with E-state index in [0.717, 1.165) is 39.0 Å². The van der Waals surface area contributed by atoms with Gasteiger partial charge in [-0.05, 0) is 47.9 Å². The molecule has 176 valence electrons. The molecule has 3 N–H and O–H groups in total. The number of carbonyl (C=O) groups is 1. The zero-order valence-electron chi connectivity index (χ0n) is 19.6. The van der Waals surface area contributed by atoms with Gasteiger partial charge in [0.2, 0.25) is 0 Å². The Balaban J connectivity index is 1.71. The molecule has 0 aliphatic heterocycles. The molecule has 1 atom stereocenters. The highest BCUT2D eigenvalue weighted by Gasteiger charge is 2.17. The Labute approximate surface area is 198 Å². The maximum absolute atomic E-state index is 11.3. The molecular formula is C28H29NO5. The Bertz CT molecular complexity index is 1320. The van der Waals surface area contributed by atoms with E-state index in [1.165, 1.54) is 0 Å². The Morgan fingerprint density at radius 2 is 1.88 bits per heavy atom. The lowest BCUT2D eigenvalue weighted by Crippen LogP contribution is -2.05. The fourth-order valence-corrected chi connectivity index (χ4v) is 4.08. The molecule has 0 bridgehead atoms. The van der Waals surface area contributed by atoms with Crippen molar-refractivity contribution in [2.75, 3.05) is 7.11 Å². The molecule has 0 spiro atoms. The second-order valence-electron chi connectivity index (χ2n) is 8.32. The standard InChI is InChI=1S/C28H29NO5/c1-4-25-24(16-33-27-15-22(32-3)10-8-21(27)14-28(30)31)23-13-20(9-11-26(23)34-25)19-7-5-6-18(12-19)17(2)29/h5-13,15,17H,4,14,16,29H2,1-3H3,(H,30,31)/t17-/m1/s1. The minimum absolute atomic E-state index is 0.0453. The Morgan fingerprint density at radius 1 is 1.09 bits per heavy atom. The molecule has 0 radical (unpaired) electrons. The molecular weight excluding hydrogens is 430 g/mol. The summed E-state index contributed by atoms with van der Waals surface area (Å²) in [6, 6.07) is 19.5. The third-order valence-corrected chi connectivity index (χ3v) is 5.93. The Morgan fingerprint density at radius 3 is 2.59 bits per heavy atom. The van der Waals surface area contributed by atoms with Crippen molar-refractivity contribution < 1.29 is 23.8 Å². The lowest BCUT2D eigenvalue weighted by molar-refractivity contribution is -0.136. The van der Waals surface area contributed by atoms with Gasteiger partial charge in [0.15, 0.2) is 0 Å². The molecule has 3 aromatic carbocycles. The number of carboxylic acid groups (broad SMARTS) is 1. The molecule has 6 heteroatoms. The second-order valence-corrected chi connectivity index (χ2v) is 8.32. The third-order valence-electron chi connectivity index (χ3n) is 5.93. The summed E-state index contributed by atoms with van der Waals surface area (Å²) in [6.07, 6.45) is 0.578. The molecule has 0 unspecified atom stereocenters. The van der Waals surface area contributed by atoms with Gasteiger partial charge in [-0.25, -0.2) is 0 Å². The summed E-state index contributed by atoms with van der Waals surface area (Å²) in [4.78, 5) is 11.3. The van der Waals surface area contributed by atoms with E-state index in [0.29, 0.717) is 23.5 Å². The number of hydrogen-bond acceptors (Lipinski definition) is 5. The number of carboxylic acids is 1. The van der Waals surface area contributed by atoms with Gasteiger partial charge in [0.05, 0.1) is 13.5 Å². The van der Waals surface area contributed by atoms with Crippen LogP contribution < -0.4 is 15.2 Å². The van der Waals surface area contributed by atoms with Crippen LogP contribution in [0.2, 0.25) is 0 Å². The van der Waals surface area contributed by atoms with Crippen molar-refractivity contribution in [3.05, 3.63) is 83.1 Å². The van der Waals surface area contributed by atoms with E-state index >= 15 is 0 Å². The smallest absolute Gasteiger partial charge is 0.307 e. The van der Waals surface area contributed by atoms with Crippen LogP contribution in [0.5, 0.6) is 11.5 Å². The largest absolute Gasteiger partial charge is 0.497 e. The number of hydrogen-bond donors (Lipinski definition) is 2. The summed E-state index contributed by atoms with van der Waals surface area (Å²) in [7, 11) is 1.57. The predicted molar refractivity (Wildman–Crippen MR) is 132 cm³/mol. The first-order valence-electron chi connectivity index (χ1n) is 11.3. The topological polar surface area (TPSA) is 94.9 Å². The number of rotatable bonds is 9. The molecule has 0 aliphatic rings. The molecule has 4 rings (SSSR count). The highest BCUT2D eigenvalue weighted by Crippen LogP contribution is 2.33. The van der Waals surface area contributed by atoms with Gasteiger partial charge in [-0.15, -0.1) is 0 Å². The van der Waals surface area contributed by atoms with Crippen LogP contribution in [0.1, 0.15) is 42.3 Å². The lowest BCUT2D eigenvalue weighted by Gasteiger charge is -2.13. The minimum Gasteiger partial charge on any atom is -0.497 e. The molecule has 0 aliphatic carbocycles. The monoisotopic (exact) mass is 459 g/mol. The molecule has 4 aromatic rings. The number of benzene rings is 3. The van der Waals surface area contributed by atoms with E-state index in [9.17, 15) is 9.90 Å². The Hall–Kier alpha value is -3.77. The average molecular weight is 460 g/mol. The van der Waals surface area contributed by atoms with Crippen LogP contribution in [0.15, 0.2) is 65.1 Å². The quantitative estimate of drug-likeness (QED) is 0.324. The Kier molecular flexibility index (Phi) is 6.89. The van der Waals surface area contributed by atoms with Crippen molar-refractivity contribution in [2.24, 2.45) is 5.73 Å². The summed E-state index contributed by atoms with van der Waals surface area (Å²) < 4.78 is 17.6. The number of fused-ring (bicyclic) bond motifs is 1. The van der Waals surface area contributed by atoms with Gasteiger partial charge in [0, 0.05) is 35.0 Å². The molecule has 6 nitrogen and oxygen atoms in total. The molecule has 34 heavy (non-hydrogen) atoms. The fraction of sp³-hybridized carbons (Fsp3) is 0.250. The lowest BCUT2D eigenvalue weighted by atomic mass is 9.98. The van der Waals surface area contributed by atoms with Crippen LogP contribution >= 0.6 is 0 Å². The maximum atomic E-state index is 11.3.